The van der Waals surface area contributed by atoms with Gasteiger partial charge in [-0.1, -0.05) is 6.92 Å². The molecule has 1 fully saturated rings. The molecule has 21 heavy (non-hydrogen) atoms. The monoisotopic (exact) mass is 406 g/mol. The fraction of sp³-hybridized carbons (Fsp3) is 0.714. The van der Waals surface area contributed by atoms with Crippen LogP contribution < -0.4 is 11.1 Å². The Hall–Kier alpha value is -0.830. The molecule has 2 heterocycles. The van der Waals surface area contributed by atoms with Crippen LogP contribution in [0.25, 0.3) is 0 Å². The van der Waals surface area contributed by atoms with Crippen molar-refractivity contribution in [2.24, 2.45) is 10.7 Å². The number of likely N-dealkylation sites (N-methyl/N-ethyl adjacent to an activating group) is 1. The van der Waals surface area contributed by atoms with Gasteiger partial charge in [-0.25, -0.2) is 0 Å². The standard InChI is InChI=1S/C14H26N6.HI/c1-2-19-9-3-6-13(19)12-17-14(15)16-7-4-10-20-11-5-8-18-20;/h5,8,11,13H,2-4,6-7,9-10,12H2,1H3,(H3,15,16,17);1H. The predicted molar refractivity (Wildman–Crippen MR) is 97.0 cm³/mol. The van der Waals surface area contributed by atoms with E-state index < -0.39 is 0 Å². The van der Waals surface area contributed by atoms with Gasteiger partial charge in [0.05, 0.1) is 6.54 Å². The number of nitrogens with two attached hydrogens (primary N) is 1. The van der Waals surface area contributed by atoms with Crippen LogP contribution in [0.5, 0.6) is 0 Å². The van der Waals surface area contributed by atoms with Crippen molar-refractivity contribution in [1.29, 1.82) is 0 Å². The van der Waals surface area contributed by atoms with Crippen molar-refractivity contribution in [3.05, 3.63) is 18.5 Å². The molecule has 0 aliphatic carbocycles. The highest BCUT2D eigenvalue weighted by Crippen LogP contribution is 2.16. The van der Waals surface area contributed by atoms with E-state index in [0.717, 1.165) is 32.6 Å². The van der Waals surface area contributed by atoms with Gasteiger partial charge in [0.25, 0.3) is 0 Å². The molecule has 1 aliphatic rings. The van der Waals surface area contributed by atoms with Gasteiger partial charge in [-0.3, -0.25) is 14.6 Å². The highest BCUT2D eigenvalue weighted by Gasteiger charge is 2.22. The summed E-state index contributed by atoms with van der Waals surface area (Å²) >= 11 is 0. The van der Waals surface area contributed by atoms with E-state index in [1.165, 1.54) is 19.4 Å². The molecule has 3 N–H and O–H groups in total. The van der Waals surface area contributed by atoms with Crippen LogP contribution in [0.4, 0.5) is 0 Å². The van der Waals surface area contributed by atoms with Gasteiger partial charge in [0.2, 0.25) is 0 Å². The van der Waals surface area contributed by atoms with E-state index >= 15 is 0 Å². The fourth-order valence-corrected chi connectivity index (χ4v) is 2.67. The Labute approximate surface area is 144 Å². The second kappa shape index (κ2) is 9.99. The lowest BCUT2D eigenvalue weighted by Gasteiger charge is -2.20. The molecule has 2 rings (SSSR count). The Morgan fingerprint density at radius 1 is 1.52 bits per heavy atom. The highest BCUT2D eigenvalue weighted by molar-refractivity contribution is 14.0. The van der Waals surface area contributed by atoms with Crippen LogP contribution in [-0.2, 0) is 6.54 Å². The van der Waals surface area contributed by atoms with Crippen molar-refractivity contribution in [2.75, 3.05) is 26.2 Å². The Morgan fingerprint density at radius 2 is 2.38 bits per heavy atom. The van der Waals surface area contributed by atoms with E-state index in [0.29, 0.717) is 12.0 Å². The second-order valence-corrected chi connectivity index (χ2v) is 5.20. The number of aryl methyl sites for hydroxylation is 1. The first-order chi connectivity index (χ1) is 9.79. The van der Waals surface area contributed by atoms with Crippen LogP contribution in [0.1, 0.15) is 26.2 Å². The molecule has 0 saturated carbocycles. The molecule has 7 heteroatoms. The molecule has 0 bridgehead atoms. The number of rotatable bonds is 7. The van der Waals surface area contributed by atoms with Crippen molar-refractivity contribution in [3.8, 4) is 0 Å². The Balaban J connectivity index is 0.00000220. The lowest BCUT2D eigenvalue weighted by molar-refractivity contribution is 0.273. The zero-order valence-corrected chi connectivity index (χ0v) is 15.1. The van der Waals surface area contributed by atoms with Gasteiger partial charge >= 0.3 is 0 Å². The Kier molecular flexibility index (Phi) is 8.67. The zero-order chi connectivity index (χ0) is 14.2. The summed E-state index contributed by atoms with van der Waals surface area (Å²) in [7, 11) is 0. The van der Waals surface area contributed by atoms with Crippen LogP contribution in [0.3, 0.4) is 0 Å². The number of nitrogens with one attached hydrogen (secondary N) is 1. The van der Waals surface area contributed by atoms with Crippen LogP contribution in [0, 0.1) is 0 Å². The van der Waals surface area contributed by atoms with Crippen molar-refractivity contribution in [3.63, 3.8) is 0 Å². The van der Waals surface area contributed by atoms with Crippen LogP contribution >= 0.6 is 24.0 Å². The molecule has 6 nitrogen and oxygen atoms in total. The molecule has 1 saturated heterocycles. The summed E-state index contributed by atoms with van der Waals surface area (Å²) < 4.78 is 1.92. The van der Waals surface area contributed by atoms with Crippen LogP contribution in [-0.4, -0.2) is 52.9 Å². The Morgan fingerprint density at radius 3 is 3.10 bits per heavy atom. The molecule has 1 aliphatic heterocycles. The van der Waals surface area contributed by atoms with Gasteiger partial charge in [-0.05, 0) is 38.4 Å². The number of halogens is 1. The van der Waals surface area contributed by atoms with Crippen molar-refractivity contribution in [1.82, 2.24) is 20.0 Å². The summed E-state index contributed by atoms with van der Waals surface area (Å²) in [6.07, 6.45) is 7.28. The number of likely N-dealkylation sites (tertiary alicyclic amines) is 1. The third-order valence-corrected chi connectivity index (χ3v) is 3.81. The summed E-state index contributed by atoms with van der Waals surface area (Å²) in [5, 5.41) is 7.33. The molecule has 0 amide bonds. The molecule has 1 aromatic heterocycles. The highest BCUT2D eigenvalue weighted by atomic mass is 127. The Bertz CT molecular complexity index is 406. The molecule has 1 unspecified atom stereocenters. The van der Waals surface area contributed by atoms with Crippen molar-refractivity contribution in [2.45, 2.75) is 38.8 Å². The largest absolute Gasteiger partial charge is 0.370 e. The lowest BCUT2D eigenvalue weighted by Crippen LogP contribution is -2.36. The predicted octanol–water partition coefficient (Wildman–Crippen LogP) is 1.28. The van der Waals surface area contributed by atoms with Gasteiger partial charge in [0, 0.05) is 31.5 Å². The number of nitrogens with zero attached hydrogens (tertiary/aromatic N) is 4. The normalized spacial score (nSPS) is 19.5. The second-order valence-electron chi connectivity index (χ2n) is 5.20. The van der Waals surface area contributed by atoms with Crippen LogP contribution in [0.15, 0.2) is 23.5 Å². The molecule has 0 radical (unpaired) electrons. The molecular formula is C14H27IN6. The number of hydrogen-bond acceptors (Lipinski definition) is 3. The first-order valence-electron chi connectivity index (χ1n) is 7.55. The molecule has 0 aromatic carbocycles. The van der Waals surface area contributed by atoms with E-state index in [4.69, 9.17) is 5.73 Å². The minimum atomic E-state index is 0. The average Bonchev–Trinajstić information content (AvgIpc) is 3.12. The smallest absolute Gasteiger partial charge is 0.188 e. The number of hydrogen-bond donors (Lipinski definition) is 2. The summed E-state index contributed by atoms with van der Waals surface area (Å²) in [5.74, 6) is 0.563. The average molecular weight is 406 g/mol. The maximum atomic E-state index is 5.90. The minimum Gasteiger partial charge on any atom is -0.370 e. The van der Waals surface area contributed by atoms with E-state index in [1.54, 1.807) is 6.20 Å². The molecule has 1 atom stereocenters. The maximum Gasteiger partial charge on any atom is 0.188 e. The summed E-state index contributed by atoms with van der Waals surface area (Å²) in [4.78, 5) is 6.94. The number of aromatic nitrogens is 2. The van der Waals surface area contributed by atoms with Gasteiger partial charge in [0.1, 0.15) is 0 Å². The van der Waals surface area contributed by atoms with Crippen LogP contribution in [0.2, 0.25) is 0 Å². The number of guanidine groups is 1. The lowest BCUT2D eigenvalue weighted by atomic mass is 10.2. The number of aliphatic imine (C=N–C) groups is 1. The van der Waals surface area contributed by atoms with E-state index in [2.05, 4.69) is 27.2 Å². The summed E-state index contributed by atoms with van der Waals surface area (Å²) in [6.45, 7) is 7.06. The minimum absolute atomic E-state index is 0. The van der Waals surface area contributed by atoms with E-state index in [-0.39, 0.29) is 24.0 Å². The molecule has 120 valence electrons. The van der Waals surface area contributed by atoms with Gasteiger partial charge in [0.15, 0.2) is 5.96 Å². The topological polar surface area (TPSA) is 71.5 Å². The van der Waals surface area contributed by atoms with Gasteiger partial charge in [-0.2, -0.15) is 5.10 Å². The van der Waals surface area contributed by atoms with Crippen molar-refractivity contribution >= 4 is 29.9 Å². The van der Waals surface area contributed by atoms with E-state index in [1.807, 2.05) is 16.9 Å². The molecular weight excluding hydrogens is 379 g/mol. The van der Waals surface area contributed by atoms with Gasteiger partial charge < -0.3 is 11.1 Å². The summed E-state index contributed by atoms with van der Waals surface area (Å²) in [6, 6.07) is 2.51. The SMILES string of the molecule is CCN1CCCC1CN=C(N)NCCCn1cccn1.I. The third kappa shape index (κ3) is 6.21. The molecule has 1 aromatic rings. The third-order valence-electron chi connectivity index (χ3n) is 3.81. The van der Waals surface area contributed by atoms with E-state index in [9.17, 15) is 0 Å². The molecule has 0 spiro atoms. The maximum absolute atomic E-state index is 5.90. The summed E-state index contributed by atoms with van der Waals surface area (Å²) in [5.41, 5.74) is 5.90. The first-order valence-corrected chi connectivity index (χ1v) is 7.55. The zero-order valence-electron chi connectivity index (χ0n) is 12.7. The first kappa shape index (κ1) is 18.2. The van der Waals surface area contributed by atoms with Gasteiger partial charge in [-0.15, -0.1) is 24.0 Å². The fourth-order valence-electron chi connectivity index (χ4n) is 2.67. The quantitative estimate of drug-likeness (QED) is 0.310. The van der Waals surface area contributed by atoms with Crippen molar-refractivity contribution < 1.29 is 0 Å².